The zero-order valence-electron chi connectivity index (χ0n) is 18.4. The Morgan fingerprint density at radius 2 is 1.85 bits per heavy atom. The monoisotopic (exact) mass is 464 g/mol. The maximum absolute atomic E-state index is 12.7. The van der Waals surface area contributed by atoms with Crippen molar-refractivity contribution in [3.8, 4) is 17.6 Å². The number of hydrogen-bond donors (Lipinski definition) is 1. The number of benzene rings is 1. The molecule has 1 aliphatic rings. The third-order valence-electron chi connectivity index (χ3n) is 5.23. The third kappa shape index (κ3) is 5.86. The number of hydrogen-bond acceptors (Lipinski definition) is 6. The standard InChI is InChI=1S/C24H24N4O4S/c1-17-11-21(32-16-23-26-13-22(14-27-23)33(30,31)25-2)12-24(29)28(17)15-20-9-7-19(8-10-20)6-5-18-3-4-18/h7-14,18,25H,3-4,15-16H2,1-2H3. The van der Waals surface area contributed by atoms with Gasteiger partial charge in [-0.1, -0.05) is 24.0 Å². The Balaban J connectivity index is 1.41. The summed E-state index contributed by atoms with van der Waals surface area (Å²) < 4.78 is 33.0. The largest absolute Gasteiger partial charge is 0.485 e. The average Bonchev–Trinajstić information content (AvgIpc) is 3.64. The first-order valence-corrected chi connectivity index (χ1v) is 12.0. The van der Waals surface area contributed by atoms with Crippen LogP contribution in [0, 0.1) is 24.7 Å². The fourth-order valence-corrected chi connectivity index (χ4v) is 3.71. The third-order valence-corrected chi connectivity index (χ3v) is 6.60. The number of sulfonamides is 1. The number of ether oxygens (including phenoxy) is 1. The molecule has 2 heterocycles. The smallest absolute Gasteiger partial charge is 0.254 e. The second kappa shape index (κ2) is 9.57. The number of nitrogens with zero attached hydrogens (tertiary/aromatic N) is 3. The molecule has 2 aromatic heterocycles. The highest BCUT2D eigenvalue weighted by molar-refractivity contribution is 7.89. The molecule has 4 rings (SSSR count). The summed E-state index contributed by atoms with van der Waals surface area (Å²) in [6.45, 7) is 2.30. The van der Waals surface area contributed by atoms with Crippen LogP contribution in [0.2, 0.25) is 0 Å². The molecule has 0 atom stereocenters. The summed E-state index contributed by atoms with van der Waals surface area (Å²) in [5, 5.41) is 0. The van der Waals surface area contributed by atoms with Crippen molar-refractivity contribution in [3.63, 3.8) is 0 Å². The van der Waals surface area contributed by atoms with Crippen molar-refractivity contribution in [1.29, 1.82) is 0 Å². The lowest BCUT2D eigenvalue weighted by atomic mass is 10.1. The molecule has 0 bridgehead atoms. The van der Waals surface area contributed by atoms with Gasteiger partial charge in [0.05, 0.1) is 18.9 Å². The Labute approximate surface area is 192 Å². The Hall–Kier alpha value is -3.48. The molecule has 0 amide bonds. The molecule has 33 heavy (non-hydrogen) atoms. The van der Waals surface area contributed by atoms with E-state index in [0.29, 0.717) is 24.0 Å². The van der Waals surface area contributed by atoms with Gasteiger partial charge in [0.15, 0.2) is 5.82 Å². The van der Waals surface area contributed by atoms with Crippen LogP contribution in [-0.4, -0.2) is 30.0 Å². The van der Waals surface area contributed by atoms with E-state index < -0.39 is 10.0 Å². The van der Waals surface area contributed by atoms with Crippen molar-refractivity contribution in [3.05, 3.63) is 81.8 Å². The molecular weight excluding hydrogens is 440 g/mol. The molecule has 3 aromatic rings. The normalized spacial score (nSPS) is 13.3. The highest BCUT2D eigenvalue weighted by Gasteiger charge is 2.17. The van der Waals surface area contributed by atoms with Gasteiger partial charge in [-0.3, -0.25) is 4.79 Å². The minimum Gasteiger partial charge on any atom is -0.485 e. The van der Waals surface area contributed by atoms with Crippen LogP contribution in [0.15, 0.2) is 58.5 Å². The summed E-state index contributed by atoms with van der Waals surface area (Å²) in [6, 6.07) is 11.1. The molecule has 1 fully saturated rings. The van der Waals surface area contributed by atoms with Gasteiger partial charge in [0.1, 0.15) is 17.3 Å². The van der Waals surface area contributed by atoms with Crippen molar-refractivity contribution in [2.24, 2.45) is 5.92 Å². The van der Waals surface area contributed by atoms with E-state index in [1.54, 1.807) is 10.6 Å². The van der Waals surface area contributed by atoms with Crippen molar-refractivity contribution in [2.75, 3.05) is 7.05 Å². The van der Waals surface area contributed by atoms with E-state index in [2.05, 4.69) is 26.5 Å². The van der Waals surface area contributed by atoms with Gasteiger partial charge >= 0.3 is 0 Å². The summed E-state index contributed by atoms with van der Waals surface area (Å²) >= 11 is 0. The van der Waals surface area contributed by atoms with Crippen LogP contribution in [0.3, 0.4) is 0 Å². The van der Waals surface area contributed by atoms with Crippen LogP contribution >= 0.6 is 0 Å². The van der Waals surface area contributed by atoms with E-state index in [1.807, 2.05) is 31.2 Å². The van der Waals surface area contributed by atoms with Crippen LogP contribution in [0.5, 0.6) is 5.75 Å². The molecule has 1 saturated carbocycles. The van der Waals surface area contributed by atoms with Crippen molar-refractivity contribution in [1.82, 2.24) is 19.3 Å². The maximum Gasteiger partial charge on any atom is 0.254 e. The van der Waals surface area contributed by atoms with Gasteiger partial charge in [-0.05, 0) is 50.6 Å². The summed E-state index contributed by atoms with van der Waals surface area (Å²) in [5.74, 6) is 7.70. The van der Waals surface area contributed by atoms with E-state index in [0.717, 1.165) is 16.8 Å². The first-order chi connectivity index (χ1) is 15.8. The predicted molar refractivity (Wildman–Crippen MR) is 123 cm³/mol. The first-order valence-electron chi connectivity index (χ1n) is 10.5. The number of aromatic nitrogens is 3. The fourth-order valence-electron chi connectivity index (χ4n) is 3.10. The lowest BCUT2D eigenvalue weighted by molar-refractivity contribution is 0.294. The van der Waals surface area contributed by atoms with Gasteiger partial charge in [0.25, 0.3) is 5.56 Å². The summed E-state index contributed by atoms with van der Waals surface area (Å²) in [7, 11) is -2.28. The Bertz CT molecular complexity index is 1370. The molecule has 0 unspecified atom stereocenters. The molecule has 170 valence electrons. The average molecular weight is 465 g/mol. The Kier molecular flexibility index (Phi) is 6.58. The highest BCUT2D eigenvalue weighted by atomic mass is 32.2. The maximum atomic E-state index is 12.7. The quantitative estimate of drug-likeness (QED) is 0.538. The van der Waals surface area contributed by atoms with Gasteiger partial charge < -0.3 is 9.30 Å². The topological polar surface area (TPSA) is 103 Å². The summed E-state index contributed by atoms with van der Waals surface area (Å²) in [6.07, 6.45) is 4.83. The summed E-state index contributed by atoms with van der Waals surface area (Å²) in [5.41, 5.74) is 2.57. The molecule has 0 saturated heterocycles. The molecular formula is C24H24N4O4S. The first kappa shape index (κ1) is 22.7. The van der Waals surface area contributed by atoms with Gasteiger partial charge in [-0.2, -0.15) is 0 Å². The van der Waals surface area contributed by atoms with Gasteiger partial charge in [-0.15, -0.1) is 0 Å². The number of nitrogens with one attached hydrogen (secondary N) is 1. The van der Waals surface area contributed by atoms with Crippen LogP contribution in [-0.2, 0) is 23.2 Å². The van der Waals surface area contributed by atoms with E-state index in [1.165, 1.54) is 38.3 Å². The second-order valence-corrected chi connectivity index (χ2v) is 9.72. The zero-order valence-corrected chi connectivity index (χ0v) is 19.2. The Morgan fingerprint density at radius 1 is 1.15 bits per heavy atom. The van der Waals surface area contributed by atoms with E-state index >= 15 is 0 Å². The Morgan fingerprint density at radius 3 is 2.45 bits per heavy atom. The van der Waals surface area contributed by atoms with Crippen molar-refractivity contribution >= 4 is 10.0 Å². The number of aryl methyl sites for hydroxylation is 1. The van der Waals surface area contributed by atoms with Gasteiger partial charge in [0, 0.05) is 23.2 Å². The van der Waals surface area contributed by atoms with Crippen LogP contribution < -0.4 is 15.0 Å². The van der Waals surface area contributed by atoms with Gasteiger partial charge in [-0.25, -0.2) is 23.1 Å². The van der Waals surface area contributed by atoms with Crippen LogP contribution in [0.25, 0.3) is 0 Å². The molecule has 0 spiro atoms. The van der Waals surface area contributed by atoms with Crippen LogP contribution in [0.4, 0.5) is 0 Å². The molecule has 1 aliphatic carbocycles. The van der Waals surface area contributed by atoms with Crippen molar-refractivity contribution < 1.29 is 13.2 Å². The molecule has 8 nitrogen and oxygen atoms in total. The van der Waals surface area contributed by atoms with E-state index in [4.69, 9.17) is 4.74 Å². The molecule has 1 aromatic carbocycles. The van der Waals surface area contributed by atoms with Crippen molar-refractivity contribution in [2.45, 2.75) is 37.8 Å². The van der Waals surface area contributed by atoms with Crippen LogP contribution in [0.1, 0.15) is 35.5 Å². The van der Waals surface area contributed by atoms with E-state index in [9.17, 15) is 13.2 Å². The summed E-state index contributed by atoms with van der Waals surface area (Å²) in [4.78, 5) is 20.7. The van der Waals surface area contributed by atoms with E-state index in [-0.39, 0.29) is 17.1 Å². The fraction of sp³-hybridized carbons (Fsp3) is 0.292. The predicted octanol–water partition coefficient (Wildman–Crippen LogP) is 2.24. The lowest BCUT2D eigenvalue weighted by Gasteiger charge is -2.12. The number of rotatable bonds is 7. The SMILES string of the molecule is CNS(=O)(=O)c1cnc(COc2cc(C)n(Cc3ccc(C#CC4CC4)cc3)c(=O)c2)nc1. The highest BCUT2D eigenvalue weighted by Crippen LogP contribution is 2.27. The molecule has 9 heteroatoms. The zero-order chi connectivity index (χ0) is 23.4. The minimum atomic E-state index is -3.60. The molecule has 0 radical (unpaired) electrons. The molecule has 0 aliphatic heterocycles. The minimum absolute atomic E-state index is 0.00608. The van der Waals surface area contributed by atoms with Gasteiger partial charge in [0.2, 0.25) is 10.0 Å². The number of pyridine rings is 1. The lowest BCUT2D eigenvalue weighted by Crippen LogP contribution is -2.22. The second-order valence-electron chi connectivity index (χ2n) is 7.83. The molecule has 1 N–H and O–H groups in total.